The first-order chi connectivity index (χ1) is 11.2. The highest BCUT2D eigenvalue weighted by Gasteiger charge is 2.50. The van der Waals surface area contributed by atoms with Gasteiger partial charge in [-0.2, -0.15) is 0 Å². The van der Waals surface area contributed by atoms with E-state index >= 15 is 0 Å². The van der Waals surface area contributed by atoms with Gasteiger partial charge in [0.05, 0.1) is 0 Å². The smallest absolute Gasteiger partial charge is 0.325 e. The number of nitrogens with one attached hydrogen (secondary N) is 2. The third-order valence-corrected chi connectivity index (χ3v) is 4.71. The normalized spacial score (nSPS) is 21.8. The van der Waals surface area contributed by atoms with E-state index in [1.54, 1.807) is 31.2 Å². The molecule has 1 aromatic carbocycles. The Morgan fingerprint density at radius 1 is 1.29 bits per heavy atom. The molecule has 1 fully saturated rings. The SMILES string of the molecule is CC(C)C(C)NC(=O)CN1C(=O)NC(C)(c2ccccc2Cl)C1=O. The predicted octanol–water partition coefficient (Wildman–Crippen LogP) is 2.27. The molecular weight excluding hydrogens is 330 g/mol. The number of carbonyl (C=O) groups excluding carboxylic acids is 3. The zero-order chi connectivity index (χ0) is 18.1. The average molecular weight is 352 g/mol. The maximum Gasteiger partial charge on any atom is 0.325 e. The van der Waals surface area contributed by atoms with Gasteiger partial charge < -0.3 is 10.6 Å². The van der Waals surface area contributed by atoms with Gasteiger partial charge in [-0.3, -0.25) is 14.5 Å². The summed E-state index contributed by atoms with van der Waals surface area (Å²) in [6, 6.07) is 6.18. The largest absolute Gasteiger partial charge is 0.352 e. The van der Waals surface area contributed by atoms with Crippen molar-refractivity contribution in [3.05, 3.63) is 34.9 Å². The van der Waals surface area contributed by atoms with E-state index in [0.29, 0.717) is 10.6 Å². The highest BCUT2D eigenvalue weighted by molar-refractivity contribution is 6.32. The number of carbonyl (C=O) groups is 3. The Labute approximate surface area is 146 Å². The number of hydrogen-bond acceptors (Lipinski definition) is 3. The van der Waals surface area contributed by atoms with Gasteiger partial charge in [0.25, 0.3) is 5.91 Å². The fraction of sp³-hybridized carbons (Fsp3) is 0.471. The Balaban J connectivity index is 2.17. The number of nitrogens with zero attached hydrogens (tertiary/aromatic N) is 1. The Bertz CT molecular complexity index is 677. The van der Waals surface area contributed by atoms with Crippen LogP contribution in [0, 0.1) is 5.92 Å². The fourth-order valence-electron chi connectivity index (χ4n) is 2.50. The number of imide groups is 1. The van der Waals surface area contributed by atoms with Gasteiger partial charge in [-0.25, -0.2) is 4.79 Å². The van der Waals surface area contributed by atoms with Gasteiger partial charge in [0.2, 0.25) is 5.91 Å². The molecule has 0 saturated carbocycles. The van der Waals surface area contributed by atoms with E-state index in [1.165, 1.54) is 0 Å². The highest BCUT2D eigenvalue weighted by Crippen LogP contribution is 2.33. The van der Waals surface area contributed by atoms with Crippen molar-refractivity contribution in [1.82, 2.24) is 15.5 Å². The summed E-state index contributed by atoms with van der Waals surface area (Å²) in [6.45, 7) is 7.10. The van der Waals surface area contributed by atoms with Crippen molar-refractivity contribution in [2.75, 3.05) is 6.54 Å². The first-order valence-electron chi connectivity index (χ1n) is 7.85. The molecule has 2 rings (SSSR count). The zero-order valence-electron chi connectivity index (χ0n) is 14.2. The van der Waals surface area contributed by atoms with E-state index in [2.05, 4.69) is 10.6 Å². The van der Waals surface area contributed by atoms with Crippen LogP contribution >= 0.6 is 11.6 Å². The van der Waals surface area contributed by atoms with Gasteiger partial charge in [0, 0.05) is 16.6 Å². The molecule has 0 aromatic heterocycles. The van der Waals surface area contributed by atoms with Crippen molar-refractivity contribution < 1.29 is 14.4 Å². The minimum atomic E-state index is -1.28. The second-order valence-electron chi connectivity index (χ2n) is 6.53. The molecule has 130 valence electrons. The number of amides is 4. The number of benzene rings is 1. The molecule has 0 radical (unpaired) electrons. The maximum atomic E-state index is 12.7. The average Bonchev–Trinajstić information content (AvgIpc) is 2.71. The van der Waals surface area contributed by atoms with Crippen LogP contribution in [0.15, 0.2) is 24.3 Å². The van der Waals surface area contributed by atoms with Crippen molar-refractivity contribution in [3.63, 3.8) is 0 Å². The summed E-state index contributed by atoms with van der Waals surface area (Å²) < 4.78 is 0. The Hall–Kier alpha value is -2.08. The van der Waals surface area contributed by atoms with Gasteiger partial charge >= 0.3 is 6.03 Å². The molecule has 4 amide bonds. The van der Waals surface area contributed by atoms with Crippen molar-refractivity contribution in [2.45, 2.75) is 39.3 Å². The summed E-state index contributed by atoms with van der Waals surface area (Å²) in [5, 5.41) is 5.81. The first kappa shape index (κ1) is 18.3. The second-order valence-corrected chi connectivity index (χ2v) is 6.93. The lowest BCUT2D eigenvalue weighted by molar-refractivity contribution is -0.135. The molecule has 1 saturated heterocycles. The van der Waals surface area contributed by atoms with Gasteiger partial charge in [-0.1, -0.05) is 43.6 Å². The van der Waals surface area contributed by atoms with Gasteiger partial charge in [-0.05, 0) is 25.8 Å². The molecule has 1 aromatic rings. The molecule has 24 heavy (non-hydrogen) atoms. The molecule has 7 heteroatoms. The molecule has 2 unspecified atom stereocenters. The lowest BCUT2D eigenvalue weighted by Crippen LogP contribution is -2.46. The third kappa shape index (κ3) is 3.38. The quantitative estimate of drug-likeness (QED) is 0.799. The van der Waals surface area contributed by atoms with Crippen LogP contribution in [0.3, 0.4) is 0 Å². The molecule has 1 aliphatic heterocycles. The summed E-state index contributed by atoms with van der Waals surface area (Å²) in [6.07, 6.45) is 0. The monoisotopic (exact) mass is 351 g/mol. The molecule has 1 heterocycles. The lowest BCUT2D eigenvalue weighted by atomic mass is 9.92. The van der Waals surface area contributed by atoms with Crippen molar-refractivity contribution >= 4 is 29.4 Å². The zero-order valence-corrected chi connectivity index (χ0v) is 15.0. The van der Waals surface area contributed by atoms with Gasteiger partial charge in [0.15, 0.2) is 0 Å². The van der Waals surface area contributed by atoms with Crippen LogP contribution in [0.4, 0.5) is 4.79 Å². The van der Waals surface area contributed by atoms with E-state index in [0.717, 1.165) is 4.90 Å². The molecule has 2 atom stereocenters. The fourth-order valence-corrected chi connectivity index (χ4v) is 2.82. The topological polar surface area (TPSA) is 78.5 Å². The molecule has 0 bridgehead atoms. The van der Waals surface area contributed by atoms with Crippen molar-refractivity contribution in [3.8, 4) is 0 Å². The Morgan fingerprint density at radius 3 is 2.50 bits per heavy atom. The summed E-state index contributed by atoms with van der Waals surface area (Å²) >= 11 is 6.16. The predicted molar refractivity (Wildman–Crippen MR) is 91.5 cm³/mol. The standard InChI is InChI=1S/C17H22ClN3O3/c1-10(2)11(3)19-14(22)9-21-15(23)17(4,20-16(21)24)12-7-5-6-8-13(12)18/h5-8,10-11H,9H2,1-4H3,(H,19,22)(H,20,24). The maximum absolute atomic E-state index is 12.7. The van der Waals surface area contributed by atoms with E-state index < -0.39 is 17.5 Å². The van der Waals surface area contributed by atoms with Gasteiger partial charge in [0.1, 0.15) is 12.1 Å². The molecular formula is C17H22ClN3O3. The highest BCUT2D eigenvalue weighted by atomic mass is 35.5. The van der Waals surface area contributed by atoms with Crippen LogP contribution in [0.25, 0.3) is 0 Å². The van der Waals surface area contributed by atoms with Crippen LogP contribution in [0.5, 0.6) is 0 Å². The van der Waals surface area contributed by atoms with Crippen LogP contribution in [0.2, 0.25) is 5.02 Å². The van der Waals surface area contributed by atoms with Gasteiger partial charge in [-0.15, -0.1) is 0 Å². The molecule has 2 N–H and O–H groups in total. The van der Waals surface area contributed by atoms with E-state index in [9.17, 15) is 14.4 Å². The summed E-state index contributed by atoms with van der Waals surface area (Å²) in [7, 11) is 0. The van der Waals surface area contributed by atoms with Crippen molar-refractivity contribution in [1.29, 1.82) is 0 Å². The molecule has 1 aliphatic rings. The number of rotatable bonds is 5. The van der Waals surface area contributed by atoms with E-state index in [-0.39, 0.29) is 24.4 Å². The van der Waals surface area contributed by atoms with Crippen LogP contribution < -0.4 is 10.6 Å². The van der Waals surface area contributed by atoms with Crippen LogP contribution in [0.1, 0.15) is 33.3 Å². The van der Waals surface area contributed by atoms with Crippen LogP contribution in [-0.4, -0.2) is 35.3 Å². The molecule has 6 nitrogen and oxygen atoms in total. The van der Waals surface area contributed by atoms with E-state index in [1.807, 2.05) is 20.8 Å². The summed E-state index contributed by atoms with van der Waals surface area (Å²) in [5.74, 6) is -0.610. The number of urea groups is 1. The third-order valence-electron chi connectivity index (χ3n) is 4.38. The summed E-state index contributed by atoms with van der Waals surface area (Å²) in [5.41, 5.74) is -0.775. The molecule has 0 spiro atoms. The molecule has 0 aliphatic carbocycles. The lowest BCUT2D eigenvalue weighted by Gasteiger charge is -2.23. The second kappa shape index (κ2) is 6.81. The van der Waals surface area contributed by atoms with Crippen molar-refractivity contribution in [2.24, 2.45) is 5.92 Å². The summed E-state index contributed by atoms with van der Waals surface area (Å²) in [4.78, 5) is 38.0. The minimum absolute atomic E-state index is 0.0479. The minimum Gasteiger partial charge on any atom is -0.352 e. The Morgan fingerprint density at radius 2 is 1.92 bits per heavy atom. The first-order valence-corrected chi connectivity index (χ1v) is 8.23. The van der Waals surface area contributed by atoms with E-state index in [4.69, 9.17) is 11.6 Å². The number of hydrogen-bond donors (Lipinski definition) is 2. The van der Waals surface area contributed by atoms with Crippen LogP contribution in [-0.2, 0) is 15.1 Å². The number of halogens is 1. The Kier molecular flexibility index (Phi) is 5.18.